The van der Waals surface area contributed by atoms with Crippen LogP contribution in [-0.4, -0.2) is 93.1 Å². The minimum Gasteiger partial charge on any atom is -0.453 e. The number of ether oxygens (including phenoxy) is 2. The van der Waals surface area contributed by atoms with Gasteiger partial charge >= 0.3 is 12.2 Å². The van der Waals surface area contributed by atoms with Crippen LogP contribution in [0.25, 0.3) is 44.4 Å². The Kier molecular flexibility index (Phi) is 11.5. The van der Waals surface area contributed by atoms with Crippen LogP contribution in [0.2, 0.25) is 0 Å². The summed E-state index contributed by atoms with van der Waals surface area (Å²) in [5.41, 5.74) is 6.17. The van der Waals surface area contributed by atoms with Crippen molar-refractivity contribution in [2.45, 2.75) is 57.8 Å². The van der Waals surface area contributed by atoms with Crippen LogP contribution in [0.15, 0.2) is 97.4 Å². The highest BCUT2D eigenvalue weighted by Gasteiger charge is 2.38. The Morgan fingerprint density at radius 2 is 1.41 bits per heavy atom. The molecule has 2 aromatic heterocycles. The SMILES string of the molecule is C=C(C)[C@H](NC(=O)OC)C(=O)N1CC=C[C@H]1c1ncc(-c2cccc3c(-c4ccc(-c5cnc([C@@H]6CCCN6C(=O)[C@@H](NC(=O)OC)C(C)C)[nH]5)cc4)cccc23)[nH]1. The average molecular weight is 785 g/mol. The Labute approximate surface area is 336 Å². The zero-order chi connectivity index (χ0) is 41.1. The van der Waals surface area contributed by atoms with Gasteiger partial charge in [0.05, 0.1) is 44.0 Å². The van der Waals surface area contributed by atoms with Crippen LogP contribution in [-0.2, 0) is 19.1 Å². The van der Waals surface area contributed by atoms with Crippen LogP contribution in [0.4, 0.5) is 9.59 Å². The van der Waals surface area contributed by atoms with Gasteiger partial charge in [0.2, 0.25) is 5.91 Å². The third-order valence-electron chi connectivity index (χ3n) is 10.9. The van der Waals surface area contributed by atoms with Gasteiger partial charge in [0, 0.05) is 18.7 Å². The molecule has 1 fully saturated rings. The number of aromatic nitrogens is 4. The molecule has 5 aromatic rings. The topological polar surface area (TPSA) is 175 Å². The molecule has 0 saturated carbocycles. The molecule has 7 rings (SSSR count). The van der Waals surface area contributed by atoms with Crippen molar-refractivity contribution in [2.75, 3.05) is 27.3 Å². The van der Waals surface area contributed by atoms with Gasteiger partial charge in [0.15, 0.2) is 0 Å². The third-order valence-corrected chi connectivity index (χ3v) is 10.9. The van der Waals surface area contributed by atoms with Gasteiger partial charge in [-0.05, 0) is 58.7 Å². The van der Waals surface area contributed by atoms with Crippen LogP contribution in [0.1, 0.15) is 57.3 Å². The van der Waals surface area contributed by atoms with E-state index in [0.717, 1.165) is 57.3 Å². The summed E-state index contributed by atoms with van der Waals surface area (Å²) in [7, 11) is 2.54. The van der Waals surface area contributed by atoms with Gasteiger partial charge < -0.3 is 39.9 Å². The molecule has 14 heteroatoms. The highest BCUT2D eigenvalue weighted by molar-refractivity contribution is 6.04. The van der Waals surface area contributed by atoms with Crippen LogP contribution in [0, 0.1) is 5.92 Å². The predicted octanol–water partition coefficient (Wildman–Crippen LogP) is 7.07. The zero-order valence-corrected chi connectivity index (χ0v) is 33.2. The maximum absolute atomic E-state index is 13.6. The molecule has 4 N–H and O–H groups in total. The van der Waals surface area contributed by atoms with Gasteiger partial charge in [-0.1, -0.05) is 93.2 Å². The van der Waals surface area contributed by atoms with Crippen LogP contribution >= 0.6 is 0 Å². The Balaban J connectivity index is 1.09. The van der Waals surface area contributed by atoms with Gasteiger partial charge in [-0.2, -0.15) is 0 Å². The maximum Gasteiger partial charge on any atom is 0.407 e. The van der Waals surface area contributed by atoms with E-state index in [2.05, 4.69) is 69.6 Å². The molecule has 14 nitrogen and oxygen atoms in total. The number of aromatic amines is 2. The Morgan fingerprint density at radius 3 is 2.10 bits per heavy atom. The fraction of sp³-hybridized carbons (Fsp3) is 0.318. The second-order valence-corrected chi connectivity index (χ2v) is 15.0. The van der Waals surface area contributed by atoms with Gasteiger partial charge in [-0.3, -0.25) is 9.59 Å². The number of rotatable bonds is 11. The molecule has 1 saturated heterocycles. The molecule has 0 bridgehead atoms. The summed E-state index contributed by atoms with van der Waals surface area (Å²) in [6.45, 7) is 10.3. The first-order valence-corrected chi connectivity index (χ1v) is 19.3. The molecule has 0 radical (unpaired) electrons. The monoisotopic (exact) mass is 784 g/mol. The lowest BCUT2D eigenvalue weighted by atomic mass is 9.94. The first kappa shape index (κ1) is 39.5. The van der Waals surface area contributed by atoms with E-state index in [-0.39, 0.29) is 23.8 Å². The molecule has 4 atom stereocenters. The van der Waals surface area contributed by atoms with Crippen molar-refractivity contribution >= 4 is 34.8 Å². The van der Waals surface area contributed by atoms with E-state index in [4.69, 9.17) is 19.4 Å². The second kappa shape index (κ2) is 16.8. The fourth-order valence-electron chi connectivity index (χ4n) is 7.82. The molecule has 4 amide bonds. The Bertz CT molecular complexity index is 2380. The number of methoxy groups -OCH3 is 2. The molecule has 3 aromatic carbocycles. The van der Waals surface area contributed by atoms with Crippen molar-refractivity contribution < 1.29 is 28.7 Å². The lowest BCUT2D eigenvalue weighted by Crippen LogP contribution is -2.51. The summed E-state index contributed by atoms with van der Waals surface area (Å²) in [6, 6.07) is 18.4. The number of nitrogens with one attached hydrogen (secondary N) is 4. The van der Waals surface area contributed by atoms with Crippen molar-refractivity contribution in [3.05, 3.63) is 109 Å². The molecule has 2 aliphatic rings. The van der Waals surface area contributed by atoms with Crippen molar-refractivity contribution in [1.29, 1.82) is 0 Å². The number of carbonyl (C=O) groups excluding carboxylic acids is 4. The van der Waals surface area contributed by atoms with E-state index in [1.165, 1.54) is 14.2 Å². The lowest BCUT2D eigenvalue weighted by Gasteiger charge is -2.30. The van der Waals surface area contributed by atoms with Crippen molar-refractivity contribution in [3.8, 4) is 33.6 Å². The van der Waals surface area contributed by atoms with Gasteiger partial charge in [-0.25, -0.2) is 19.6 Å². The number of amides is 4. The molecule has 58 heavy (non-hydrogen) atoms. The van der Waals surface area contributed by atoms with E-state index in [9.17, 15) is 19.2 Å². The smallest absolute Gasteiger partial charge is 0.407 e. The number of nitrogens with zero attached hydrogens (tertiary/aromatic N) is 4. The summed E-state index contributed by atoms with van der Waals surface area (Å²) in [6.07, 6.45) is 7.67. The quantitative estimate of drug-likeness (QED) is 0.103. The fourth-order valence-corrected chi connectivity index (χ4v) is 7.82. The summed E-state index contributed by atoms with van der Waals surface area (Å²) in [5.74, 6) is 0.741. The average Bonchev–Trinajstić information content (AvgIpc) is 4.07. The second-order valence-electron chi connectivity index (χ2n) is 15.0. The number of imidazole rings is 2. The van der Waals surface area contributed by atoms with Crippen LogP contribution in [0.5, 0.6) is 0 Å². The Morgan fingerprint density at radius 1 is 0.793 bits per heavy atom. The molecule has 4 heterocycles. The zero-order valence-electron chi connectivity index (χ0n) is 33.2. The van der Waals surface area contributed by atoms with E-state index in [1.807, 2.05) is 44.2 Å². The summed E-state index contributed by atoms with van der Waals surface area (Å²) < 4.78 is 9.50. The molecular weight excluding hydrogens is 737 g/mol. The maximum atomic E-state index is 13.6. The largest absolute Gasteiger partial charge is 0.453 e. The summed E-state index contributed by atoms with van der Waals surface area (Å²) in [5, 5.41) is 7.38. The van der Waals surface area contributed by atoms with Crippen LogP contribution in [0.3, 0.4) is 0 Å². The minimum absolute atomic E-state index is 0.116. The van der Waals surface area contributed by atoms with Gasteiger partial charge in [0.25, 0.3) is 5.91 Å². The highest BCUT2D eigenvalue weighted by Crippen LogP contribution is 2.37. The van der Waals surface area contributed by atoms with E-state index in [1.54, 1.807) is 29.1 Å². The standard InChI is InChI=1S/C44H48N8O6/c1-25(2)37(49-43(55)57-5)41(53)51-21-9-15-35(51)39-45-23-33(47-39)28-19-17-27(18-20-28)29-11-7-13-31-30(29)12-8-14-32(31)34-24-46-40(48-34)36-16-10-22-52(36)42(54)38(26(3)4)50-44(56)58-6/h7-8,10-14,16-20,23-25,35-38H,3,9,15,21-22H2,1-2,4-6H3,(H,45,47)(H,46,48)(H,49,55)(H,50,56)/t35-,36-,37-,38-/m0/s1. The number of hydrogen-bond acceptors (Lipinski definition) is 8. The summed E-state index contributed by atoms with van der Waals surface area (Å²) in [4.78, 5) is 70.9. The molecule has 0 aliphatic carbocycles. The van der Waals surface area contributed by atoms with Crippen molar-refractivity contribution in [2.24, 2.45) is 5.92 Å². The number of benzene rings is 3. The number of fused-ring (bicyclic) bond motifs is 1. The molecule has 0 spiro atoms. The van der Waals surface area contributed by atoms with Gasteiger partial charge in [0.1, 0.15) is 29.8 Å². The van der Waals surface area contributed by atoms with Crippen molar-refractivity contribution in [3.63, 3.8) is 0 Å². The number of hydrogen-bond donors (Lipinski definition) is 4. The predicted molar refractivity (Wildman–Crippen MR) is 220 cm³/mol. The first-order valence-electron chi connectivity index (χ1n) is 19.3. The van der Waals surface area contributed by atoms with Gasteiger partial charge in [-0.15, -0.1) is 0 Å². The molecule has 0 unspecified atom stereocenters. The number of H-pyrrole nitrogens is 2. The van der Waals surface area contributed by atoms with E-state index < -0.39 is 30.3 Å². The normalized spacial score (nSPS) is 17.3. The Hall–Kier alpha value is -6.70. The molecule has 2 aliphatic heterocycles. The highest BCUT2D eigenvalue weighted by atomic mass is 16.5. The minimum atomic E-state index is -0.936. The third kappa shape index (κ3) is 7.82. The number of carbonyl (C=O) groups is 4. The first-order chi connectivity index (χ1) is 28.0. The number of likely N-dealkylation sites (tertiary alicyclic amines) is 1. The molecular formula is C44H48N8O6. The van der Waals surface area contributed by atoms with Crippen molar-refractivity contribution in [1.82, 2.24) is 40.4 Å². The number of alkyl carbamates (subject to hydrolysis) is 2. The van der Waals surface area contributed by atoms with E-state index in [0.29, 0.717) is 30.3 Å². The molecule has 300 valence electrons. The lowest BCUT2D eigenvalue weighted by molar-refractivity contribution is -0.135. The van der Waals surface area contributed by atoms with Crippen LogP contribution < -0.4 is 10.6 Å². The van der Waals surface area contributed by atoms with E-state index >= 15 is 0 Å². The summed E-state index contributed by atoms with van der Waals surface area (Å²) >= 11 is 0.